The van der Waals surface area contributed by atoms with E-state index < -0.39 is 0 Å². The SMILES string of the molecule is COc1ccc(Cl)c(-c2ccccc2-c2ccccc2OC)c1. The maximum Gasteiger partial charge on any atom is 0.126 e. The van der Waals surface area contributed by atoms with Crippen LogP contribution in [0.2, 0.25) is 5.02 Å². The van der Waals surface area contributed by atoms with Crippen molar-refractivity contribution >= 4 is 11.6 Å². The first-order chi connectivity index (χ1) is 11.2. The van der Waals surface area contributed by atoms with E-state index in [9.17, 15) is 0 Å². The van der Waals surface area contributed by atoms with Crippen LogP contribution in [0, 0.1) is 0 Å². The van der Waals surface area contributed by atoms with Gasteiger partial charge in [0.2, 0.25) is 0 Å². The van der Waals surface area contributed by atoms with E-state index in [0.29, 0.717) is 5.02 Å². The molecule has 0 saturated carbocycles. The summed E-state index contributed by atoms with van der Waals surface area (Å²) in [6, 6.07) is 21.8. The number of halogens is 1. The monoisotopic (exact) mass is 324 g/mol. The molecule has 0 unspecified atom stereocenters. The Morgan fingerprint density at radius 2 is 1.26 bits per heavy atom. The number of methoxy groups -OCH3 is 2. The Bertz CT molecular complexity index is 827. The quantitative estimate of drug-likeness (QED) is 0.613. The van der Waals surface area contributed by atoms with Gasteiger partial charge in [-0.1, -0.05) is 54.1 Å². The summed E-state index contributed by atoms with van der Waals surface area (Å²) >= 11 is 6.43. The van der Waals surface area contributed by atoms with Gasteiger partial charge in [-0.3, -0.25) is 0 Å². The maximum absolute atomic E-state index is 6.43. The van der Waals surface area contributed by atoms with Crippen molar-refractivity contribution in [2.24, 2.45) is 0 Å². The third-order valence-electron chi connectivity index (χ3n) is 3.79. The van der Waals surface area contributed by atoms with Crippen molar-refractivity contribution in [1.29, 1.82) is 0 Å². The van der Waals surface area contributed by atoms with Crippen molar-refractivity contribution in [3.05, 3.63) is 71.8 Å². The number of hydrogen-bond donors (Lipinski definition) is 0. The van der Waals surface area contributed by atoms with Crippen LogP contribution in [-0.4, -0.2) is 14.2 Å². The molecule has 0 saturated heterocycles. The number of benzene rings is 3. The zero-order valence-electron chi connectivity index (χ0n) is 13.0. The lowest BCUT2D eigenvalue weighted by Crippen LogP contribution is -1.91. The Labute approximate surface area is 141 Å². The molecule has 23 heavy (non-hydrogen) atoms. The highest BCUT2D eigenvalue weighted by Gasteiger charge is 2.13. The van der Waals surface area contributed by atoms with E-state index in [0.717, 1.165) is 33.8 Å². The van der Waals surface area contributed by atoms with E-state index in [2.05, 4.69) is 12.1 Å². The molecule has 0 N–H and O–H groups in total. The van der Waals surface area contributed by atoms with Crippen LogP contribution < -0.4 is 9.47 Å². The van der Waals surface area contributed by atoms with E-state index >= 15 is 0 Å². The largest absolute Gasteiger partial charge is 0.497 e. The highest BCUT2D eigenvalue weighted by molar-refractivity contribution is 6.33. The predicted molar refractivity (Wildman–Crippen MR) is 95.4 cm³/mol. The molecular formula is C20H17ClO2. The fourth-order valence-corrected chi connectivity index (χ4v) is 2.88. The van der Waals surface area contributed by atoms with Gasteiger partial charge in [-0.2, -0.15) is 0 Å². The molecule has 0 aromatic heterocycles. The van der Waals surface area contributed by atoms with Crippen LogP contribution in [-0.2, 0) is 0 Å². The molecule has 0 atom stereocenters. The Balaban J connectivity index is 2.23. The van der Waals surface area contributed by atoms with Crippen LogP contribution in [0.3, 0.4) is 0 Å². The highest BCUT2D eigenvalue weighted by Crippen LogP contribution is 2.40. The van der Waals surface area contributed by atoms with Crippen LogP contribution in [0.1, 0.15) is 0 Å². The summed E-state index contributed by atoms with van der Waals surface area (Å²) in [5.41, 5.74) is 4.08. The first kappa shape index (κ1) is 15.4. The van der Waals surface area contributed by atoms with Crippen LogP contribution in [0.25, 0.3) is 22.3 Å². The summed E-state index contributed by atoms with van der Waals surface area (Å²) < 4.78 is 10.8. The molecule has 0 amide bonds. The van der Waals surface area contributed by atoms with Crippen molar-refractivity contribution in [3.63, 3.8) is 0 Å². The van der Waals surface area contributed by atoms with Gasteiger partial charge in [0.25, 0.3) is 0 Å². The average Bonchev–Trinajstić information content (AvgIpc) is 2.62. The van der Waals surface area contributed by atoms with E-state index in [4.69, 9.17) is 21.1 Å². The molecule has 2 nitrogen and oxygen atoms in total. The van der Waals surface area contributed by atoms with Gasteiger partial charge in [-0.05, 0) is 35.4 Å². The van der Waals surface area contributed by atoms with Crippen molar-refractivity contribution in [3.8, 4) is 33.8 Å². The normalized spacial score (nSPS) is 10.4. The summed E-state index contributed by atoms with van der Waals surface area (Å²) in [7, 11) is 3.33. The van der Waals surface area contributed by atoms with Gasteiger partial charge in [0.1, 0.15) is 11.5 Å². The van der Waals surface area contributed by atoms with Gasteiger partial charge < -0.3 is 9.47 Å². The van der Waals surface area contributed by atoms with Crippen LogP contribution >= 0.6 is 11.6 Å². The molecule has 0 aliphatic heterocycles. The Hall–Kier alpha value is -2.45. The first-order valence-corrected chi connectivity index (χ1v) is 7.68. The topological polar surface area (TPSA) is 18.5 Å². The lowest BCUT2D eigenvalue weighted by Gasteiger charge is -2.15. The van der Waals surface area contributed by atoms with Gasteiger partial charge in [0.15, 0.2) is 0 Å². The Kier molecular flexibility index (Phi) is 4.54. The molecule has 0 radical (unpaired) electrons. The maximum atomic E-state index is 6.43. The minimum absolute atomic E-state index is 0.688. The van der Waals surface area contributed by atoms with Crippen molar-refractivity contribution in [1.82, 2.24) is 0 Å². The standard InChI is InChI=1S/C20H17ClO2/c1-22-14-11-12-19(21)18(13-14)16-8-4-3-7-15(16)17-9-5-6-10-20(17)23-2/h3-13H,1-2H3. The second kappa shape index (κ2) is 6.76. The Morgan fingerprint density at radius 3 is 1.91 bits per heavy atom. The van der Waals surface area contributed by atoms with Crippen LogP contribution in [0.15, 0.2) is 66.7 Å². The third kappa shape index (κ3) is 3.03. The van der Waals surface area contributed by atoms with Gasteiger partial charge in [-0.25, -0.2) is 0 Å². The number of rotatable bonds is 4. The second-order valence-electron chi connectivity index (χ2n) is 5.09. The van der Waals surface area contributed by atoms with E-state index in [-0.39, 0.29) is 0 Å². The average molecular weight is 325 g/mol. The molecule has 3 heteroatoms. The zero-order valence-corrected chi connectivity index (χ0v) is 13.8. The van der Waals surface area contributed by atoms with E-state index in [1.807, 2.05) is 54.6 Å². The van der Waals surface area contributed by atoms with Gasteiger partial charge in [0.05, 0.1) is 14.2 Å². The summed E-state index contributed by atoms with van der Waals surface area (Å²) in [5.74, 6) is 1.61. The van der Waals surface area contributed by atoms with Crippen LogP contribution in [0.4, 0.5) is 0 Å². The Morgan fingerprint density at radius 1 is 0.652 bits per heavy atom. The van der Waals surface area contributed by atoms with E-state index in [1.54, 1.807) is 14.2 Å². The number of hydrogen-bond acceptors (Lipinski definition) is 2. The molecule has 116 valence electrons. The summed E-state index contributed by atoms with van der Waals surface area (Å²) in [6.07, 6.45) is 0. The van der Waals surface area contributed by atoms with Gasteiger partial charge in [0, 0.05) is 16.1 Å². The van der Waals surface area contributed by atoms with Gasteiger partial charge in [-0.15, -0.1) is 0 Å². The molecule has 0 aliphatic carbocycles. The first-order valence-electron chi connectivity index (χ1n) is 7.31. The minimum atomic E-state index is 0.688. The molecule has 0 fully saturated rings. The summed E-state index contributed by atoms with van der Waals surface area (Å²) in [6.45, 7) is 0. The molecule has 3 rings (SSSR count). The highest BCUT2D eigenvalue weighted by atomic mass is 35.5. The third-order valence-corrected chi connectivity index (χ3v) is 4.12. The van der Waals surface area contributed by atoms with Crippen LogP contribution in [0.5, 0.6) is 11.5 Å². The van der Waals surface area contributed by atoms with Crippen molar-refractivity contribution in [2.75, 3.05) is 14.2 Å². The molecular weight excluding hydrogens is 308 g/mol. The fourth-order valence-electron chi connectivity index (χ4n) is 2.66. The fraction of sp³-hybridized carbons (Fsp3) is 0.100. The lowest BCUT2D eigenvalue weighted by atomic mass is 9.94. The molecule has 0 heterocycles. The number of para-hydroxylation sites is 1. The number of ether oxygens (including phenoxy) is 2. The molecule has 3 aromatic carbocycles. The second-order valence-corrected chi connectivity index (χ2v) is 5.50. The van der Waals surface area contributed by atoms with Crippen molar-refractivity contribution in [2.45, 2.75) is 0 Å². The smallest absolute Gasteiger partial charge is 0.126 e. The summed E-state index contributed by atoms with van der Waals surface area (Å²) in [4.78, 5) is 0. The zero-order chi connectivity index (χ0) is 16.2. The minimum Gasteiger partial charge on any atom is -0.497 e. The van der Waals surface area contributed by atoms with Gasteiger partial charge >= 0.3 is 0 Å². The lowest BCUT2D eigenvalue weighted by molar-refractivity contribution is 0.415. The molecule has 0 spiro atoms. The molecule has 0 bridgehead atoms. The van der Waals surface area contributed by atoms with E-state index in [1.165, 1.54) is 0 Å². The molecule has 0 aliphatic rings. The summed E-state index contributed by atoms with van der Waals surface area (Å²) in [5, 5.41) is 0.688. The predicted octanol–water partition coefficient (Wildman–Crippen LogP) is 5.69. The van der Waals surface area contributed by atoms with Crippen molar-refractivity contribution < 1.29 is 9.47 Å². The molecule has 3 aromatic rings.